The van der Waals surface area contributed by atoms with Gasteiger partial charge in [0, 0.05) is 37.3 Å². The summed E-state index contributed by atoms with van der Waals surface area (Å²) >= 11 is 0. The van der Waals surface area contributed by atoms with E-state index in [1.54, 1.807) is 43.3 Å². The van der Waals surface area contributed by atoms with Gasteiger partial charge < -0.3 is 14.9 Å². The number of aromatic carboxylic acids is 1. The van der Waals surface area contributed by atoms with E-state index in [0.29, 0.717) is 22.3 Å². The standard InChI is InChI=1S/C23H26N4O4S.3ClH/c1-15-4-7-21(16(2)12-15)32(30,31)25-17-5-6-20-18(13-17)19(23(28)29)14-22(24-20)27-10-8-26(3)9-11-27;;;/h4-7,12-14,25H,8-11H2,1-3H3,(H,28,29);3*1H. The molecule has 0 bridgehead atoms. The molecule has 12 heteroatoms. The summed E-state index contributed by atoms with van der Waals surface area (Å²) in [7, 11) is -1.77. The Bertz CT molecular complexity index is 1310. The van der Waals surface area contributed by atoms with Crippen molar-refractivity contribution in [1.29, 1.82) is 0 Å². The molecule has 0 radical (unpaired) electrons. The number of carboxylic acids is 1. The van der Waals surface area contributed by atoms with Gasteiger partial charge in [-0.25, -0.2) is 18.2 Å². The number of sulfonamides is 1. The van der Waals surface area contributed by atoms with Crippen molar-refractivity contribution in [2.24, 2.45) is 0 Å². The molecule has 0 saturated carbocycles. The number of rotatable bonds is 5. The number of benzene rings is 2. The fourth-order valence-electron chi connectivity index (χ4n) is 3.96. The lowest BCUT2D eigenvalue weighted by atomic mass is 10.1. The zero-order valence-electron chi connectivity index (χ0n) is 19.5. The Morgan fingerprint density at radius 3 is 2.23 bits per heavy atom. The molecular formula is C23H29Cl3N4O4S. The van der Waals surface area contributed by atoms with Crippen LogP contribution < -0.4 is 9.62 Å². The highest BCUT2D eigenvalue weighted by molar-refractivity contribution is 7.92. The number of carboxylic acid groups (broad SMARTS) is 1. The van der Waals surface area contributed by atoms with Crippen molar-refractivity contribution in [3.05, 3.63) is 59.2 Å². The molecule has 2 N–H and O–H groups in total. The van der Waals surface area contributed by atoms with Crippen LogP contribution in [0, 0.1) is 13.8 Å². The van der Waals surface area contributed by atoms with Gasteiger partial charge in [-0.1, -0.05) is 17.7 Å². The first kappa shape index (κ1) is 30.7. The number of nitrogens with one attached hydrogen (secondary N) is 1. The minimum absolute atomic E-state index is 0. The topological polar surface area (TPSA) is 103 Å². The molecule has 1 aliphatic heterocycles. The third-order valence-electron chi connectivity index (χ3n) is 5.73. The zero-order valence-corrected chi connectivity index (χ0v) is 22.8. The normalized spacial score (nSPS) is 13.9. The molecule has 8 nitrogen and oxygen atoms in total. The summed E-state index contributed by atoms with van der Waals surface area (Å²) in [6.07, 6.45) is 0. The Balaban J connectivity index is 0.00000204. The summed E-state index contributed by atoms with van der Waals surface area (Å²) < 4.78 is 28.4. The number of hydrogen-bond donors (Lipinski definition) is 2. The van der Waals surface area contributed by atoms with E-state index in [4.69, 9.17) is 0 Å². The van der Waals surface area contributed by atoms with Crippen LogP contribution in [0.4, 0.5) is 11.5 Å². The molecule has 0 atom stereocenters. The zero-order chi connectivity index (χ0) is 23.0. The van der Waals surface area contributed by atoms with E-state index < -0.39 is 16.0 Å². The van der Waals surface area contributed by atoms with Crippen molar-refractivity contribution in [3.8, 4) is 0 Å². The molecule has 2 heterocycles. The van der Waals surface area contributed by atoms with Crippen LogP contribution in [0.25, 0.3) is 10.9 Å². The summed E-state index contributed by atoms with van der Waals surface area (Å²) in [5.41, 5.74) is 2.50. The highest BCUT2D eigenvalue weighted by Gasteiger charge is 2.21. The van der Waals surface area contributed by atoms with Gasteiger partial charge in [0.1, 0.15) is 5.82 Å². The predicted octanol–water partition coefficient (Wildman–Crippen LogP) is 4.37. The van der Waals surface area contributed by atoms with E-state index in [9.17, 15) is 18.3 Å². The number of fused-ring (bicyclic) bond motifs is 1. The molecule has 1 aromatic heterocycles. The number of nitrogens with zero attached hydrogens (tertiary/aromatic N) is 3. The molecule has 1 saturated heterocycles. The Labute approximate surface area is 224 Å². The van der Waals surface area contributed by atoms with Gasteiger partial charge in [0.05, 0.1) is 16.0 Å². The van der Waals surface area contributed by atoms with Gasteiger partial charge in [-0.15, -0.1) is 37.2 Å². The van der Waals surface area contributed by atoms with Crippen molar-refractivity contribution < 1.29 is 18.3 Å². The first-order chi connectivity index (χ1) is 15.1. The molecule has 4 rings (SSSR count). The third-order valence-corrected chi connectivity index (χ3v) is 7.27. The first-order valence-electron chi connectivity index (χ1n) is 10.4. The Hall–Kier alpha value is -2.30. The quantitative estimate of drug-likeness (QED) is 0.475. The average molecular weight is 564 g/mol. The third kappa shape index (κ3) is 6.68. The van der Waals surface area contributed by atoms with E-state index in [-0.39, 0.29) is 53.4 Å². The van der Waals surface area contributed by atoms with Crippen LogP contribution >= 0.6 is 37.2 Å². The maximum Gasteiger partial charge on any atom is 0.336 e. The lowest BCUT2D eigenvalue weighted by Gasteiger charge is -2.33. The number of pyridine rings is 1. The van der Waals surface area contributed by atoms with Crippen LogP contribution in [-0.2, 0) is 10.0 Å². The molecule has 0 aliphatic carbocycles. The summed E-state index contributed by atoms with van der Waals surface area (Å²) in [6.45, 7) is 6.93. The second-order valence-corrected chi connectivity index (χ2v) is 9.88. The highest BCUT2D eigenvalue weighted by Crippen LogP contribution is 2.28. The summed E-state index contributed by atoms with van der Waals surface area (Å²) in [4.78, 5) is 21.1. The van der Waals surface area contributed by atoms with Crippen LogP contribution in [-0.4, -0.2) is 62.6 Å². The maximum absolute atomic E-state index is 12.9. The summed E-state index contributed by atoms with van der Waals surface area (Å²) in [6, 6.07) is 11.5. The van der Waals surface area contributed by atoms with Crippen molar-refractivity contribution in [3.63, 3.8) is 0 Å². The van der Waals surface area contributed by atoms with E-state index in [0.717, 1.165) is 31.7 Å². The van der Waals surface area contributed by atoms with Gasteiger partial charge in [0.15, 0.2) is 0 Å². The maximum atomic E-state index is 12.9. The van der Waals surface area contributed by atoms with E-state index >= 15 is 0 Å². The van der Waals surface area contributed by atoms with Gasteiger partial charge in [-0.2, -0.15) is 0 Å². The van der Waals surface area contributed by atoms with Crippen molar-refractivity contribution in [2.75, 3.05) is 42.8 Å². The molecule has 1 aliphatic rings. The van der Waals surface area contributed by atoms with E-state index in [1.165, 1.54) is 6.07 Å². The smallest absolute Gasteiger partial charge is 0.336 e. The van der Waals surface area contributed by atoms with Gasteiger partial charge in [-0.05, 0) is 56.8 Å². The minimum atomic E-state index is -3.82. The van der Waals surface area contributed by atoms with Crippen LogP contribution in [0.2, 0.25) is 0 Å². The average Bonchev–Trinajstić information content (AvgIpc) is 2.73. The number of likely N-dealkylation sites (N-methyl/N-ethyl adjacent to an activating group) is 1. The predicted molar refractivity (Wildman–Crippen MR) is 147 cm³/mol. The van der Waals surface area contributed by atoms with Crippen LogP contribution in [0.5, 0.6) is 0 Å². The molecule has 0 spiro atoms. The second-order valence-electron chi connectivity index (χ2n) is 8.23. The van der Waals surface area contributed by atoms with Crippen molar-refractivity contribution in [2.45, 2.75) is 18.7 Å². The molecule has 192 valence electrons. The van der Waals surface area contributed by atoms with E-state index in [1.807, 2.05) is 6.92 Å². The number of hydrogen-bond acceptors (Lipinski definition) is 6. The van der Waals surface area contributed by atoms with Crippen LogP contribution in [0.1, 0.15) is 21.5 Å². The molecule has 35 heavy (non-hydrogen) atoms. The molecule has 1 fully saturated rings. The first-order valence-corrected chi connectivity index (χ1v) is 11.8. The number of anilines is 2. The molecule has 3 aromatic rings. The number of carbonyl (C=O) groups is 1. The minimum Gasteiger partial charge on any atom is -0.478 e. The Morgan fingerprint density at radius 2 is 1.63 bits per heavy atom. The van der Waals surface area contributed by atoms with Gasteiger partial charge >= 0.3 is 5.97 Å². The van der Waals surface area contributed by atoms with E-state index in [2.05, 4.69) is 26.6 Å². The second kappa shape index (κ2) is 12.1. The van der Waals surface area contributed by atoms with Crippen LogP contribution in [0.15, 0.2) is 47.4 Å². The lowest BCUT2D eigenvalue weighted by molar-refractivity contribution is 0.0699. The number of halogens is 3. The fourth-order valence-corrected chi connectivity index (χ4v) is 5.24. The van der Waals surface area contributed by atoms with Gasteiger partial charge in [0.2, 0.25) is 0 Å². The Kier molecular flexibility index (Phi) is 10.6. The molecule has 2 aromatic carbocycles. The highest BCUT2D eigenvalue weighted by atomic mass is 35.5. The summed E-state index contributed by atoms with van der Waals surface area (Å²) in [5.74, 6) is -0.464. The van der Waals surface area contributed by atoms with Crippen LogP contribution in [0.3, 0.4) is 0 Å². The fraction of sp³-hybridized carbons (Fsp3) is 0.304. The number of aryl methyl sites for hydroxylation is 2. The molecular weight excluding hydrogens is 535 g/mol. The monoisotopic (exact) mass is 562 g/mol. The molecule has 0 amide bonds. The van der Waals surface area contributed by atoms with Gasteiger partial charge in [-0.3, -0.25) is 4.72 Å². The van der Waals surface area contributed by atoms with Gasteiger partial charge in [0.25, 0.3) is 10.0 Å². The number of aromatic nitrogens is 1. The largest absolute Gasteiger partial charge is 0.478 e. The molecule has 0 unspecified atom stereocenters. The van der Waals surface area contributed by atoms with Crippen molar-refractivity contribution >= 4 is 75.6 Å². The SMILES string of the molecule is Cc1ccc(S(=O)(=O)Nc2ccc3nc(N4CCN(C)CC4)cc(C(=O)O)c3c2)c(C)c1.Cl.Cl.Cl. The Morgan fingerprint density at radius 1 is 0.971 bits per heavy atom. The number of piperazine rings is 1. The lowest BCUT2D eigenvalue weighted by Crippen LogP contribution is -2.44. The van der Waals surface area contributed by atoms with Crippen molar-refractivity contribution in [1.82, 2.24) is 9.88 Å². The summed E-state index contributed by atoms with van der Waals surface area (Å²) in [5, 5.41) is 10.2.